The molecule has 0 aliphatic heterocycles. The van der Waals surface area contributed by atoms with Crippen molar-refractivity contribution in [1.82, 2.24) is 0 Å². The Kier molecular flexibility index (Phi) is 2.06. The molecule has 28 aromatic carbocycles. The van der Waals surface area contributed by atoms with Crippen molar-refractivity contribution in [2.24, 2.45) is 0 Å². The average molecular weight is 911 g/mol. The number of benzene rings is 19. The molecule has 0 aromatic heterocycles. The van der Waals surface area contributed by atoms with Gasteiger partial charge in [-0.3, -0.25) is 0 Å². The van der Waals surface area contributed by atoms with Gasteiger partial charge in [-0.25, -0.2) is 0 Å². The molecule has 0 bridgehead atoms. The minimum Gasteiger partial charge on any atom is -0.111 e. The van der Waals surface area contributed by atoms with Crippen molar-refractivity contribution in [3.05, 3.63) is 33.4 Å². The zero-order valence-electron chi connectivity index (χ0n) is 33.5. The molecule has 0 amide bonds. The van der Waals surface area contributed by atoms with Crippen LogP contribution in [0.1, 0.15) is 33.4 Å². The Morgan fingerprint density at radius 3 is 0.294 bits per heavy atom. The van der Waals surface area contributed by atoms with Crippen LogP contribution in [0, 0.1) is 0 Å². The fourth-order valence-electron chi connectivity index (χ4n) is 25.2. The molecule has 0 unspecified atom stereocenters. The minimum atomic E-state index is -1.30. The molecule has 4 heteroatoms. The van der Waals surface area contributed by atoms with Gasteiger partial charge in [0.25, 0.3) is 0 Å². The van der Waals surface area contributed by atoms with E-state index < -0.39 is 19.5 Å². The molecule has 0 saturated carbocycles. The zero-order chi connectivity index (χ0) is 40.6. The summed E-state index contributed by atoms with van der Waals surface area (Å²) in [5.74, 6) is 0. The predicted molar refractivity (Wildman–Crippen MR) is 290 cm³/mol. The highest BCUT2D eigenvalue weighted by atomic mass is 35.5. The van der Waals surface area contributed by atoms with Gasteiger partial charge < -0.3 is 0 Å². The molecule has 0 nitrogen and oxygen atoms in total. The van der Waals surface area contributed by atoms with Crippen molar-refractivity contribution >= 4 is 337 Å². The van der Waals surface area contributed by atoms with Gasteiger partial charge in [0.1, 0.15) is 19.5 Å². The maximum absolute atomic E-state index is 9.32. The number of hydrogen-bond acceptors (Lipinski definition) is 0. The van der Waals surface area contributed by atoms with Crippen LogP contribution in [0.15, 0.2) is 0 Å². The standard InChI is InChI=1S/C64Cl4/c65-61-55-49-40-31-22-13-7-1-2-4-6-5-3(1)9-14-10(5)20-21-12(6)15-11(4)19-18(8(2)13)27-32(22)41(40)50-47-38(27)28(19)35-24(15)36-30(21)39-29(20)34-23(14)33-26-17(9)16(7)25(31)37(26)46(49)51-42(33)43(34)52-48(39)54-45(36)44(35)53(47)59-60(54)63(67,58(52)57(51)61)64(61,68)62(59,66)56(50)55. The average Bonchev–Trinajstić information content (AvgIpc) is 4.24. The first-order valence-corrected chi connectivity index (χ1v) is 26.3. The van der Waals surface area contributed by atoms with E-state index in [1.165, 1.54) is 211 Å². The van der Waals surface area contributed by atoms with Gasteiger partial charge in [0.15, 0.2) is 0 Å². The van der Waals surface area contributed by atoms with Crippen molar-refractivity contribution in [3.8, 4) is 0 Å². The SMILES string of the molecule is ClC12c3c4c5c6c7c8c9c%10c%11c%12c(c1c1c%13c3c3c5c5c%14c6c6c%15c7c%10c7c%10c%11c%11c%16c%12c1c1c%12c%13c%13c3c5c3c5c%13c%12c%12c(c1%16)c1c%11c%10c%10c(c%157)c7c6c%14c3c3c5c%12c1c%10c73)C9(Cl)C2(Cl)C48Cl. The molecular weight excluding hydrogens is 911 g/mol. The first-order chi connectivity index (χ1) is 33.5. The summed E-state index contributed by atoms with van der Waals surface area (Å²) in [7, 11) is 0. The van der Waals surface area contributed by atoms with Gasteiger partial charge in [-0.05, 0) is 324 Å². The largest absolute Gasteiger partial charge is 0.127 e. The topological polar surface area (TPSA) is 0 Å². The quantitative estimate of drug-likeness (QED) is 0.105. The van der Waals surface area contributed by atoms with Gasteiger partial charge in [-0.2, -0.15) is 0 Å². The summed E-state index contributed by atoms with van der Waals surface area (Å²) in [6, 6.07) is 0. The number of alkyl halides is 4. The summed E-state index contributed by atoms with van der Waals surface area (Å²) in [6.07, 6.45) is 0. The molecule has 0 atom stereocenters. The monoisotopic (exact) mass is 908 g/mol. The Labute approximate surface area is 387 Å². The van der Waals surface area contributed by atoms with Crippen molar-refractivity contribution in [2.45, 2.75) is 19.5 Å². The Balaban J connectivity index is 1.27. The van der Waals surface area contributed by atoms with E-state index in [0.717, 1.165) is 0 Å². The molecule has 34 rings (SSSR count). The summed E-state index contributed by atoms with van der Waals surface area (Å²) in [5.41, 5.74) is 7.29. The van der Waals surface area contributed by atoms with Crippen LogP contribution in [-0.4, -0.2) is 4.87 Å². The minimum absolute atomic E-state index is 1.17. The Morgan fingerprint density at radius 1 is 0.118 bits per heavy atom. The van der Waals surface area contributed by atoms with Crippen LogP contribution in [0.3, 0.4) is 0 Å². The van der Waals surface area contributed by atoms with Crippen LogP contribution >= 0.6 is 46.4 Å². The third-order valence-corrected chi connectivity index (χ3v) is 28.4. The highest BCUT2D eigenvalue weighted by molar-refractivity contribution is 6.83. The van der Waals surface area contributed by atoms with E-state index in [1.54, 1.807) is 113 Å². The fraction of sp³-hybridized carbons (Fsp3) is 0.0625. The summed E-state index contributed by atoms with van der Waals surface area (Å²) in [5, 5.41) is 81.8. The van der Waals surface area contributed by atoms with Crippen molar-refractivity contribution in [3.63, 3.8) is 0 Å². The molecule has 0 saturated heterocycles. The van der Waals surface area contributed by atoms with Gasteiger partial charge in [-0.1, -0.05) is 0 Å². The maximum Gasteiger partial charge on any atom is 0.127 e. The molecule has 0 N–H and O–H groups in total. The van der Waals surface area contributed by atoms with Crippen molar-refractivity contribution in [2.75, 3.05) is 0 Å². The Hall–Kier alpha value is -6.64. The van der Waals surface area contributed by atoms with Crippen LogP contribution in [0.4, 0.5) is 0 Å². The lowest BCUT2D eigenvalue weighted by atomic mass is 9.73. The molecule has 6 aliphatic carbocycles. The Bertz CT molecular complexity index is 6450. The second kappa shape index (κ2) is 5.46. The smallest absolute Gasteiger partial charge is 0.111 e. The lowest BCUT2D eigenvalue weighted by Crippen LogP contribution is -2.53. The van der Waals surface area contributed by atoms with Crippen molar-refractivity contribution in [1.29, 1.82) is 0 Å². The summed E-state index contributed by atoms with van der Waals surface area (Å²) >= 11 is 37.2. The van der Waals surface area contributed by atoms with Crippen LogP contribution in [0.25, 0.3) is 291 Å². The number of hydrogen-bond donors (Lipinski definition) is 0. The summed E-state index contributed by atoms with van der Waals surface area (Å²) in [6.45, 7) is 0. The molecule has 0 radical (unpaired) electrons. The molecule has 6 aliphatic rings. The third kappa shape index (κ3) is 1.24. The van der Waals surface area contributed by atoms with Crippen molar-refractivity contribution < 1.29 is 0 Å². The molecule has 68 heavy (non-hydrogen) atoms. The lowest BCUT2D eigenvalue weighted by molar-refractivity contribution is 0.433. The molecule has 28 aromatic rings. The van der Waals surface area contributed by atoms with Gasteiger partial charge in [-0.15, -0.1) is 46.4 Å². The predicted octanol–water partition coefficient (Wildman–Crippen LogP) is 19.0. The highest BCUT2D eigenvalue weighted by Crippen LogP contribution is 2.92. The van der Waals surface area contributed by atoms with Gasteiger partial charge in [0, 0.05) is 0 Å². The van der Waals surface area contributed by atoms with Crippen LogP contribution in [0.2, 0.25) is 0 Å². The molecule has 0 spiro atoms. The normalized spacial score (nSPS) is 27.4. The van der Waals surface area contributed by atoms with Gasteiger partial charge in [0.05, 0.1) is 0 Å². The van der Waals surface area contributed by atoms with E-state index in [4.69, 9.17) is 0 Å². The number of halogens is 4. The molecular formula is C64Cl4. The second-order valence-corrected chi connectivity index (χ2v) is 27.4. The van der Waals surface area contributed by atoms with E-state index in [2.05, 4.69) is 0 Å². The Morgan fingerprint density at radius 2 is 0.191 bits per heavy atom. The highest BCUT2D eigenvalue weighted by Gasteiger charge is 2.89. The van der Waals surface area contributed by atoms with Crippen LogP contribution in [-0.2, 0) is 14.6 Å². The lowest BCUT2D eigenvalue weighted by Gasteiger charge is -2.43. The maximum atomic E-state index is 9.32. The number of rotatable bonds is 0. The second-order valence-electron chi connectivity index (χ2n) is 25.1. The van der Waals surface area contributed by atoms with Crippen LogP contribution in [0.5, 0.6) is 0 Å². The summed E-state index contributed by atoms with van der Waals surface area (Å²) in [4.78, 5) is -4.81. The molecule has 284 valence electrons. The van der Waals surface area contributed by atoms with E-state index in [-0.39, 0.29) is 0 Å². The van der Waals surface area contributed by atoms with E-state index >= 15 is 0 Å². The first-order valence-electron chi connectivity index (χ1n) is 24.8. The van der Waals surface area contributed by atoms with Gasteiger partial charge in [0.2, 0.25) is 0 Å². The molecule has 0 heterocycles. The third-order valence-electron chi connectivity index (χ3n) is 25.2. The van der Waals surface area contributed by atoms with E-state index in [0.29, 0.717) is 0 Å². The van der Waals surface area contributed by atoms with E-state index in [1.807, 2.05) is 0 Å². The van der Waals surface area contributed by atoms with Crippen LogP contribution < -0.4 is 0 Å². The summed E-state index contributed by atoms with van der Waals surface area (Å²) < 4.78 is 0. The fourth-order valence-corrected chi connectivity index (χ4v) is 27.9. The first kappa shape index (κ1) is 25.6. The van der Waals surface area contributed by atoms with E-state index in [9.17, 15) is 46.4 Å². The molecule has 0 fully saturated rings. The van der Waals surface area contributed by atoms with Gasteiger partial charge >= 0.3 is 0 Å². The zero-order valence-corrected chi connectivity index (χ0v) is 36.5.